The monoisotopic (exact) mass is 321 g/mol. The van der Waals surface area contributed by atoms with Crippen LogP contribution in [-0.4, -0.2) is 17.9 Å². The zero-order valence-corrected chi connectivity index (χ0v) is 13.1. The molecule has 1 rings (SSSR count). The van der Waals surface area contributed by atoms with Gasteiger partial charge in [0, 0.05) is 11.3 Å². The Morgan fingerprint density at radius 3 is 2.33 bits per heavy atom. The number of carbonyl (C=O) groups is 1. The number of thioether (sulfide) groups is 1. The third-order valence-electron chi connectivity index (χ3n) is 2.29. The molecule has 1 aromatic rings. The molecule has 21 heavy (non-hydrogen) atoms. The van der Waals surface area contributed by atoms with Crippen LogP contribution in [0, 0.1) is 0 Å². The molecule has 0 saturated carbocycles. The van der Waals surface area contributed by atoms with E-state index in [1.54, 1.807) is 27.0 Å². The highest BCUT2D eigenvalue weighted by Crippen LogP contribution is 2.33. The molecule has 0 aliphatic rings. The SMILES string of the molecule is CSCc1cc(OC(=O)NC(C)(C)C)cc(C(F)(F)F)c1. The highest BCUT2D eigenvalue weighted by Gasteiger charge is 2.31. The first kappa shape index (κ1) is 17.7. The average molecular weight is 321 g/mol. The zero-order valence-electron chi connectivity index (χ0n) is 12.3. The van der Waals surface area contributed by atoms with Crippen LogP contribution >= 0.6 is 11.8 Å². The molecule has 0 spiro atoms. The van der Waals surface area contributed by atoms with E-state index < -0.39 is 23.4 Å². The fourth-order valence-electron chi connectivity index (χ4n) is 1.57. The van der Waals surface area contributed by atoms with E-state index in [-0.39, 0.29) is 5.75 Å². The van der Waals surface area contributed by atoms with Crippen molar-refractivity contribution in [3.63, 3.8) is 0 Å². The topological polar surface area (TPSA) is 38.3 Å². The van der Waals surface area contributed by atoms with Crippen molar-refractivity contribution in [2.75, 3.05) is 6.26 Å². The van der Waals surface area contributed by atoms with Crippen molar-refractivity contribution < 1.29 is 22.7 Å². The van der Waals surface area contributed by atoms with Gasteiger partial charge in [0.15, 0.2) is 0 Å². The second-order valence-corrected chi connectivity index (χ2v) is 6.43. The number of amides is 1. The molecular formula is C14H18F3NO2S. The molecule has 0 aromatic heterocycles. The Hall–Kier alpha value is -1.37. The summed E-state index contributed by atoms with van der Waals surface area (Å²) in [5.41, 5.74) is -0.899. The molecule has 0 aliphatic heterocycles. The lowest BCUT2D eigenvalue weighted by Gasteiger charge is -2.20. The van der Waals surface area contributed by atoms with Crippen LogP contribution in [0.15, 0.2) is 18.2 Å². The van der Waals surface area contributed by atoms with Gasteiger partial charge in [-0.15, -0.1) is 0 Å². The van der Waals surface area contributed by atoms with Gasteiger partial charge in [-0.25, -0.2) is 4.79 Å². The minimum Gasteiger partial charge on any atom is -0.410 e. The summed E-state index contributed by atoms with van der Waals surface area (Å²) < 4.78 is 43.5. The standard InChI is InChI=1S/C14H18F3NO2S/c1-13(2,3)18-12(19)20-11-6-9(8-21-4)5-10(7-11)14(15,16)17/h5-7H,8H2,1-4H3,(H,18,19). The van der Waals surface area contributed by atoms with Gasteiger partial charge >= 0.3 is 12.3 Å². The molecule has 0 radical (unpaired) electrons. The van der Waals surface area contributed by atoms with Crippen LogP contribution < -0.4 is 10.1 Å². The second kappa shape index (κ2) is 6.60. The van der Waals surface area contributed by atoms with Crippen molar-refractivity contribution in [1.29, 1.82) is 0 Å². The second-order valence-electron chi connectivity index (χ2n) is 5.56. The van der Waals surface area contributed by atoms with Gasteiger partial charge in [-0.2, -0.15) is 24.9 Å². The lowest BCUT2D eigenvalue weighted by Crippen LogP contribution is -2.42. The minimum atomic E-state index is -4.48. The van der Waals surface area contributed by atoms with Crippen LogP contribution in [0.2, 0.25) is 0 Å². The third-order valence-corrected chi connectivity index (χ3v) is 2.91. The normalized spacial score (nSPS) is 12.1. The van der Waals surface area contributed by atoms with Gasteiger partial charge in [-0.05, 0) is 50.8 Å². The van der Waals surface area contributed by atoms with E-state index in [0.717, 1.165) is 12.1 Å². The molecule has 0 unspecified atom stereocenters. The Morgan fingerprint density at radius 2 is 1.86 bits per heavy atom. The maximum atomic E-state index is 12.8. The molecule has 0 heterocycles. The van der Waals surface area contributed by atoms with E-state index in [0.29, 0.717) is 11.3 Å². The Balaban J connectivity index is 3.00. The number of carbonyl (C=O) groups excluding carboxylic acids is 1. The summed E-state index contributed by atoms with van der Waals surface area (Å²) in [6.07, 6.45) is -3.47. The number of hydrogen-bond acceptors (Lipinski definition) is 3. The largest absolute Gasteiger partial charge is 0.416 e. The molecule has 118 valence electrons. The number of halogens is 3. The summed E-state index contributed by atoms with van der Waals surface area (Å²) in [6.45, 7) is 5.25. The molecule has 0 atom stereocenters. The van der Waals surface area contributed by atoms with Crippen LogP contribution in [-0.2, 0) is 11.9 Å². The molecular weight excluding hydrogens is 303 g/mol. The number of ether oxygens (including phenoxy) is 1. The van der Waals surface area contributed by atoms with Crippen molar-refractivity contribution in [1.82, 2.24) is 5.32 Å². The van der Waals surface area contributed by atoms with Crippen molar-refractivity contribution >= 4 is 17.9 Å². The lowest BCUT2D eigenvalue weighted by atomic mass is 10.1. The van der Waals surface area contributed by atoms with E-state index in [9.17, 15) is 18.0 Å². The Bertz CT molecular complexity index is 510. The van der Waals surface area contributed by atoms with E-state index in [1.165, 1.54) is 17.8 Å². The van der Waals surface area contributed by atoms with Gasteiger partial charge in [0.1, 0.15) is 5.75 Å². The lowest BCUT2D eigenvalue weighted by molar-refractivity contribution is -0.137. The van der Waals surface area contributed by atoms with E-state index in [1.807, 2.05) is 0 Å². The smallest absolute Gasteiger partial charge is 0.410 e. The number of hydrogen-bond donors (Lipinski definition) is 1. The Kier molecular flexibility index (Phi) is 5.55. The zero-order chi connectivity index (χ0) is 16.3. The van der Waals surface area contributed by atoms with Gasteiger partial charge in [0.25, 0.3) is 0 Å². The summed E-state index contributed by atoms with van der Waals surface area (Å²) in [7, 11) is 0. The Labute approximate surface area is 126 Å². The third kappa shape index (κ3) is 6.29. The Morgan fingerprint density at radius 1 is 1.24 bits per heavy atom. The maximum Gasteiger partial charge on any atom is 0.416 e. The highest BCUT2D eigenvalue weighted by molar-refractivity contribution is 7.97. The van der Waals surface area contributed by atoms with E-state index in [4.69, 9.17) is 4.74 Å². The molecule has 7 heteroatoms. The first-order chi connectivity index (χ1) is 9.51. The summed E-state index contributed by atoms with van der Waals surface area (Å²) in [6, 6.07) is 3.32. The summed E-state index contributed by atoms with van der Waals surface area (Å²) in [5.74, 6) is 0.289. The van der Waals surface area contributed by atoms with Crippen molar-refractivity contribution in [2.45, 2.75) is 38.2 Å². The number of nitrogens with one attached hydrogen (secondary N) is 1. The maximum absolute atomic E-state index is 12.8. The van der Waals surface area contributed by atoms with Crippen LogP contribution in [0.5, 0.6) is 5.75 Å². The van der Waals surface area contributed by atoms with Crippen LogP contribution in [0.1, 0.15) is 31.9 Å². The predicted molar refractivity (Wildman–Crippen MR) is 77.6 cm³/mol. The highest BCUT2D eigenvalue weighted by atomic mass is 32.2. The van der Waals surface area contributed by atoms with Gasteiger partial charge in [-0.3, -0.25) is 0 Å². The average Bonchev–Trinajstić information content (AvgIpc) is 2.24. The summed E-state index contributed by atoms with van der Waals surface area (Å²) in [4.78, 5) is 11.6. The van der Waals surface area contributed by atoms with Gasteiger partial charge in [-0.1, -0.05) is 0 Å². The minimum absolute atomic E-state index is 0.115. The van der Waals surface area contributed by atoms with Crippen molar-refractivity contribution in [3.8, 4) is 5.75 Å². The van der Waals surface area contributed by atoms with Crippen LogP contribution in [0.3, 0.4) is 0 Å². The molecule has 3 nitrogen and oxygen atoms in total. The van der Waals surface area contributed by atoms with E-state index in [2.05, 4.69) is 5.32 Å². The van der Waals surface area contributed by atoms with Crippen molar-refractivity contribution in [2.24, 2.45) is 0 Å². The summed E-state index contributed by atoms with van der Waals surface area (Å²) in [5, 5.41) is 2.53. The summed E-state index contributed by atoms with van der Waals surface area (Å²) >= 11 is 1.39. The molecule has 1 aromatic carbocycles. The van der Waals surface area contributed by atoms with Gasteiger partial charge in [0.05, 0.1) is 5.56 Å². The van der Waals surface area contributed by atoms with E-state index >= 15 is 0 Å². The first-order valence-electron chi connectivity index (χ1n) is 6.21. The van der Waals surface area contributed by atoms with Crippen LogP contribution in [0.4, 0.5) is 18.0 Å². The quantitative estimate of drug-likeness (QED) is 0.893. The molecule has 0 bridgehead atoms. The van der Waals surface area contributed by atoms with Gasteiger partial charge in [0.2, 0.25) is 0 Å². The van der Waals surface area contributed by atoms with Gasteiger partial charge < -0.3 is 10.1 Å². The van der Waals surface area contributed by atoms with Crippen molar-refractivity contribution in [3.05, 3.63) is 29.3 Å². The fourth-order valence-corrected chi connectivity index (χ4v) is 2.07. The molecule has 0 aliphatic carbocycles. The first-order valence-corrected chi connectivity index (χ1v) is 7.61. The molecule has 0 fully saturated rings. The number of alkyl halides is 3. The fraction of sp³-hybridized carbons (Fsp3) is 0.500. The molecule has 1 amide bonds. The molecule has 0 saturated heterocycles. The molecule has 1 N–H and O–H groups in total. The van der Waals surface area contributed by atoms with Crippen LogP contribution in [0.25, 0.3) is 0 Å². The predicted octanol–water partition coefficient (Wildman–Crippen LogP) is 4.46. The number of benzene rings is 1. The number of rotatable bonds is 3.